The Morgan fingerprint density at radius 1 is 0.857 bits per heavy atom. The van der Waals surface area contributed by atoms with Crippen molar-refractivity contribution >= 4 is 22.2 Å². The molecule has 0 fully saturated rings. The zero-order chi connectivity index (χ0) is 19.5. The standard InChI is InChI=1S/C24H23NO2S/c1-25(2)21-15-9-10-16-22(21)28(26)24-20(18-11-5-3-6-12-18)17-27-23(24)19-13-7-4-8-14-19/h3-16,20H,17H2,1-2H3/t20-,28?/m0/s1. The largest absolute Gasteiger partial charge is 0.491 e. The van der Waals surface area contributed by atoms with Crippen LogP contribution in [-0.4, -0.2) is 24.9 Å². The molecule has 0 radical (unpaired) electrons. The first-order valence-corrected chi connectivity index (χ1v) is 10.5. The Balaban J connectivity index is 1.88. The number of benzene rings is 3. The van der Waals surface area contributed by atoms with Crippen LogP contribution in [0.4, 0.5) is 5.69 Å². The summed E-state index contributed by atoms with van der Waals surface area (Å²) in [5, 5.41) is 0. The van der Waals surface area contributed by atoms with Crippen molar-refractivity contribution in [3.63, 3.8) is 0 Å². The van der Waals surface area contributed by atoms with E-state index in [1.165, 1.54) is 0 Å². The molecule has 0 bridgehead atoms. The minimum atomic E-state index is -1.34. The van der Waals surface area contributed by atoms with Gasteiger partial charge in [-0.15, -0.1) is 0 Å². The topological polar surface area (TPSA) is 29.5 Å². The van der Waals surface area contributed by atoms with Crippen molar-refractivity contribution in [3.8, 4) is 0 Å². The molecule has 0 spiro atoms. The van der Waals surface area contributed by atoms with Crippen LogP contribution in [0, 0.1) is 0 Å². The van der Waals surface area contributed by atoms with E-state index in [0.29, 0.717) is 6.61 Å². The van der Waals surface area contributed by atoms with Crippen molar-refractivity contribution in [1.82, 2.24) is 0 Å². The van der Waals surface area contributed by atoms with Crippen LogP contribution >= 0.6 is 0 Å². The van der Waals surface area contributed by atoms with E-state index in [1.54, 1.807) is 0 Å². The van der Waals surface area contributed by atoms with Crippen molar-refractivity contribution in [3.05, 3.63) is 101 Å². The maximum absolute atomic E-state index is 13.9. The predicted molar refractivity (Wildman–Crippen MR) is 116 cm³/mol. The van der Waals surface area contributed by atoms with Gasteiger partial charge in [-0.1, -0.05) is 72.8 Å². The monoisotopic (exact) mass is 389 g/mol. The lowest BCUT2D eigenvalue weighted by atomic mass is 9.99. The maximum Gasteiger partial charge on any atom is 0.139 e. The molecule has 1 heterocycles. The van der Waals surface area contributed by atoms with Gasteiger partial charge in [-0.25, -0.2) is 4.21 Å². The highest BCUT2D eigenvalue weighted by molar-refractivity contribution is 7.89. The Hall–Kier alpha value is -2.85. The summed E-state index contributed by atoms with van der Waals surface area (Å²) in [4.78, 5) is 3.65. The molecule has 0 aliphatic carbocycles. The lowest BCUT2D eigenvalue weighted by Crippen LogP contribution is -2.14. The molecule has 1 aliphatic heterocycles. The zero-order valence-electron chi connectivity index (χ0n) is 16.0. The second kappa shape index (κ2) is 8.03. The summed E-state index contributed by atoms with van der Waals surface area (Å²) in [6, 6.07) is 28.0. The number of anilines is 1. The van der Waals surface area contributed by atoms with Crippen LogP contribution in [0.2, 0.25) is 0 Å². The molecule has 3 aromatic rings. The summed E-state index contributed by atoms with van der Waals surface area (Å²) in [7, 11) is 2.61. The summed E-state index contributed by atoms with van der Waals surface area (Å²) >= 11 is 0. The van der Waals surface area contributed by atoms with Crippen LogP contribution < -0.4 is 4.90 Å². The fraction of sp³-hybridized carbons (Fsp3) is 0.167. The predicted octanol–water partition coefficient (Wildman–Crippen LogP) is 5.04. The van der Waals surface area contributed by atoms with Gasteiger partial charge >= 0.3 is 0 Å². The molecule has 1 aliphatic rings. The van der Waals surface area contributed by atoms with Crippen molar-refractivity contribution in [2.45, 2.75) is 10.8 Å². The van der Waals surface area contributed by atoms with Crippen molar-refractivity contribution in [2.75, 3.05) is 25.6 Å². The molecular formula is C24H23NO2S. The summed E-state index contributed by atoms with van der Waals surface area (Å²) < 4.78 is 20.0. The minimum absolute atomic E-state index is 0.0348. The Kier molecular flexibility index (Phi) is 5.31. The number of hydrogen-bond donors (Lipinski definition) is 0. The van der Waals surface area contributed by atoms with E-state index < -0.39 is 10.8 Å². The van der Waals surface area contributed by atoms with Crippen LogP contribution in [0.5, 0.6) is 0 Å². The minimum Gasteiger partial charge on any atom is -0.491 e. The van der Waals surface area contributed by atoms with Crippen LogP contribution in [0.1, 0.15) is 17.0 Å². The van der Waals surface area contributed by atoms with Gasteiger partial charge < -0.3 is 9.64 Å². The third kappa shape index (κ3) is 3.48. The third-order valence-corrected chi connectivity index (χ3v) is 6.53. The quantitative estimate of drug-likeness (QED) is 0.612. The molecule has 0 amide bonds. The van der Waals surface area contributed by atoms with E-state index in [0.717, 1.165) is 32.4 Å². The van der Waals surface area contributed by atoms with E-state index in [-0.39, 0.29) is 5.92 Å². The molecule has 4 heteroatoms. The van der Waals surface area contributed by atoms with Crippen LogP contribution in [-0.2, 0) is 15.5 Å². The van der Waals surface area contributed by atoms with Crippen LogP contribution in [0.25, 0.3) is 5.76 Å². The van der Waals surface area contributed by atoms with Gasteiger partial charge in [0.25, 0.3) is 0 Å². The lowest BCUT2D eigenvalue weighted by Gasteiger charge is -2.19. The number of rotatable bonds is 5. The van der Waals surface area contributed by atoms with Gasteiger partial charge in [-0.2, -0.15) is 0 Å². The molecule has 2 atom stereocenters. The fourth-order valence-electron chi connectivity index (χ4n) is 3.54. The molecule has 3 nitrogen and oxygen atoms in total. The second-order valence-electron chi connectivity index (χ2n) is 6.96. The third-order valence-electron chi connectivity index (χ3n) is 4.92. The second-order valence-corrected chi connectivity index (χ2v) is 8.38. The van der Waals surface area contributed by atoms with Gasteiger partial charge in [-0.3, -0.25) is 0 Å². The van der Waals surface area contributed by atoms with Crippen molar-refractivity contribution in [2.24, 2.45) is 0 Å². The molecule has 142 valence electrons. The van der Waals surface area contributed by atoms with Crippen molar-refractivity contribution < 1.29 is 8.95 Å². The first kappa shape index (κ1) is 18.5. The van der Waals surface area contributed by atoms with E-state index in [2.05, 4.69) is 12.1 Å². The lowest BCUT2D eigenvalue weighted by molar-refractivity contribution is 0.294. The average molecular weight is 390 g/mol. The highest BCUT2D eigenvalue weighted by Gasteiger charge is 2.35. The first-order valence-electron chi connectivity index (χ1n) is 9.32. The average Bonchev–Trinajstić information content (AvgIpc) is 3.19. The van der Waals surface area contributed by atoms with Gasteiger partial charge in [0.2, 0.25) is 0 Å². The summed E-state index contributed by atoms with van der Waals surface area (Å²) in [5.41, 5.74) is 3.05. The summed E-state index contributed by atoms with van der Waals surface area (Å²) in [6.07, 6.45) is 0. The number of nitrogens with zero attached hydrogens (tertiary/aromatic N) is 1. The molecule has 0 N–H and O–H groups in total. The normalized spacial score (nSPS) is 17.3. The number of ether oxygens (including phenoxy) is 1. The van der Waals surface area contributed by atoms with Crippen LogP contribution in [0.15, 0.2) is 94.7 Å². The van der Waals surface area contributed by atoms with E-state index >= 15 is 0 Å². The molecule has 0 saturated heterocycles. The SMILES string of the molecule is CN(C)c1ccccc1S(=O)C1=C(c2ccccc2)OC[C@H]1c1ccccc1. The number of para-hydroxylation sites is 1. The Morgan fingerprint density at radius 3 is 2.14 bits per heavy atom. The molecule has 1 unspecified atom stereocenters. The smallest absolute Gasteiger partial charge is 0.139 e. The van der Waals surface area contributed by atoms with E-state index in [1.807, 2.05) is 91.8 Å². The Bertz CT molecular complexity index is 1010. The summed E-state index contributed by atoms with van der Waals surface area (Å²) in [5.74, 6) is 0.703. The highest BCUT2D eigenvalue weighted by Crippen LogP contribution is 2.43. The zero-order valence-corrected chi connectivity index (χ0v) is 16.9. The van der Waals surface area contributed by atoms with E-state index in [4.69, 9.17) is 4.74 Å². The molecule has 4 rings (SSSR count). The number of hydrogen-bond acceptors (Lipinski definition) is 3. The maximum atomic E-state index is 13.9. The summed E-state index contributed by atoms with van der Waals surface area (Å²) in [6.45, 7) is 0.499. The molecule has 28 heavy (non-hydrogen) atoms. The molecular weight excluding hydrogens is 366 g/mol. The Morgan fingerprint density at radius 2 is 1.46 bits per heavy atom. The Labute approximate surface area is 168 Å². The van der Waals surface area contributed by atoms with Gasteiger partial charge in [0.1, 0.15) is 5.76 Å². The van der Waals surface area contributed by atoms with Gasteiger partial charge in [0.15, 0.2) is 0 Å². The molecule has 0 aromatic heterocycles. The molecule has 0 saturated carbocycles. The van der Waals surface area contributed by atoms with E-state index in [9.17, 15) is 4.21 Å². The van der Waals surface area contributed by atoms with Crippen LogP contribution in [0.3, 0.4) is 0 Å². The first-order chi connectivity index (χ1) is 13.7. The van der Waals surface area contributed by atoms with Gasteiger partial charge in [0.05, 0.1) is 38.8 Å². The fourth-order valence-corrected chi connectivity index (χ4v) is 5.22. The van der Waals surface area contributed by atoms with Gasteiger partial charge in [-0.05, 0) is 17.7 Å². The van der Waals surface area contributed by atoms with Crippen molar-refractivity contribution in [1.29, 1.82) is 0 Å². The highest BCUT2D eigenvalue weighted by atomic mass is 32.2. The van der Waals surface area contributed by atoms with Gasteiger partial charge in [0, 0.05) is 19.7 Å². The molecule has 3 aromatic carbocycles.